The number of hydrogen-bond acceptors (Lipinski definition) is 4. The molecule has 20 heavy (non-hydrogen) atoms. The first-order valence-electron chi connectivity index (χ1n) is 7.21. The van der Waals surface area contributed by atoms with Gasteiger partial charge in [0.1, 0.15) is 0 Å². The van der Waals surface area contributed by atoms with Crippen LogP contribution in [0.1, 0.15) is 17.0 Å². The van der Waals surface area contributed by atoms with Crippen LogP contribution in [0.15, 0.2) is 12.4 Å². The fraction of sp³-hybridized carbons (Fsp3) is 0.714. The molecular formula is C14H22N4O2. The van der Waals surface area contributed by atoms with Crippen molar-refractivity contribution < 1.29 is 9.53 Å². The highest BCUT2D eigenvalue weighted by atomic mass is 16.5. The van der Waals surface area contributed by atoms with Gasteiger partial charge in [0, 0.05) is 38.4 Å². The lowest BCUT2D eigenvalue weighted by molar-refractivity contribution is 0.0747. The molecule has 2 aliphatic heterocycles. The first kappa shape index (κ1) is 13.6. The SMILES string of the molecule is CN1CC[C@@H]2[C@@H](CO[C@H]2CNC(=O)c2nccn2C)C1. The molecule has 6 nitrogen and oxygen atoms in total. The molecule has 0 aromatic carbocycles. The second kappa shape index (κ2) is 5.54. The monoisotopic (exact) mass is 278 g/mol. The lowest BCUT2D eigenvalue weighted by Gasteiger charge is -2.33. The number of amides is 1. The van der Waals surface area contributed by atoms with E-state index in [2.05, 4.69) is 22.2 Å². The van der Waals surface area contributed by atoms with Gasteiger partial charge in [-0.05, 0) is 25.9 Å². The Morgan fingerprint density at radius 3 is 3.15 bits per heavy atom. The lowest BCUT2D eigenvalue weighted by atomic mass is 9.84. The summed E-state index contributed by atoms with van der Waals surface area (Å²) in [5, 5.41) is 2.95. The lowest BCUT2D eigenvalue weighted by Crippen LogP contribution is -2.42. The van der Waals surface area contributed by atoms with Crippen molar-refractivity contribution in [2.45, 2.75) is 12.5 Å². The van der Waals surface area contributed by atoms with Gasteiger partial charge >= 0.3 is 0 Å². The molecular weight excluding hydrogens is 256 g/mol. The Balaban J connectivity index is 1.54. The minimum Gasteiger partial charge on any atom is -0.376 e. The minimum absolute atomic E-state index is 0.127. The summed E-state index contributed by atoms with van der Waals surface area (Å²) in [6.07, 6.45) is 4.71. The Labute approximate surface area is 119 Å². The molecule has 2 saturated heterocycles. The number of nitrogens with one attached hydrogen (secondary N) is 1. The zero-order valence-electron chi connectivity index (χ0n) is 12.1. The minimum atomic E-state index is -0.127. The molecule has 0 bridgehead atoms. The molecule has 0 aliphatic carbocycles. The van der Waals surface area contributed by atoms with Gasteiger partial charge in [0.05, 0.1) is 12.7 Å². The molecule has 2 aliphatic rings. The maximum atomic E-state index is 12.0. The van der Waals surface area contributed by atoms with Gasteiger partial charge in [0.15, 0.2) is 5.82 Å². The van der Waals surface area contributed by atoms with Crippen molar-refractivity contribution in [1.29, 1.82) is 0 Å². The first-order valence-corrected chi connectivity index (χ1v) is 7.21. The van der Waals surface area contributed by atoms with Gasteiger partial charge in [0.2, 0.25) is 0 Å². The molecule has 0 spiro atoms. The fourth-order valence-corrected chi connectivity index (χ4v) is 3.34. The van der Waals surface area contributed by atoms with E-state index < -0.39 is 0 Å². The van der Waals surface area contributed by atoms with Gasteiger partial charge in [-0.15, -0.1) is 0 Å². The van der Waals surface area contributed by atoms with Gasteiger partial charge in [-0.2, -0.15) is 0 Å². The van der Waals surface area contributed by atoms with E-state index in [9.17, 15) is 4.79 Å². The van der Waals surface area contributed by atoms with Gasteiger partial charge in [0.25, 0.3) is 5.91 Å². The third-order valence-corrected chi connectivity index (χ3v) is 4.49. The van der Waals surface area contributed by atoms with Crippen LogP contribution in [0, 0.1) is 11.8 Å². The Bertz CT molecular complexity index is 487. The molecule has 1 aromatic heterocycles. The number of nitrogens with zero attached hydrogens (tertiary/aromatic N) is 3. The van der Waals surface area contributed by atoms with Crippen LogP contribution >= 0.6 is 0 Å². The van der Waals surface area contributed by atoms with Gasteiger partial charge in [-0.25, -0.2) is 4.98 Å². The Kier molecular flexibility index (Phi) is 3.76. The average molecular weight is 278 g/mol. The summed E-state index contributed by atoms with van der Waals surface area (Å²) >= 11 is 0. The Hall–Kier alpha value is -1.40. The van der Waals surface area contributed by atoms with E-state index in [0.29, 0.717) is 24.2 Å². The van der Waals surface area contributed by atoms with Crippen molar-refractivity contribution >= 4 is 5.91 Å². The second-order valence-electron chi connectivity index (χ2n) is 5.92. The molecule has 3 atom stereocenters. The molecule has 1 aromatic rings. The van der Waals surface area contributed by atoms with E-state index in [4.69, 9.17) is 4.74 Å². The quantitative estimate of drug-likeness (QED) is 0.853. The van der Waals surface area contributed by atoms with E-state index in [-0.39, 0.29) is 12.0 Å². The molecule has 6 heteroatoms. The predicted molar refractivity (Wildman–Crippen MR) is 74.4 cm³/mol. The molecule has 0 radical (unpaired) electrons. The smallest absolute Gasteiger partial charge is 0.287 e. The van der Waals surface area contributed by atoms with Crippen LogP contribution in [0.2, 0.25) is 0 Å². The predicted octanol–water partition coefficient (Wildman–Crippen LogP) is 0.117. The van der Waals surface area contributed by atoms with Crippen LogP contribution in [0.5, 0.6) is 0 Å². The number of hydrogen-bond donors (Lipinski definition) is 1. The topological polar surface area (TPSA) is 59.4 Å². The third kappa shape index (κ3) is 2.58. The maximum Gasteiger partial charge on any atom is 0.287 e. The molecule has 3 heterocycles. The molecule has 1 amide bonds. The highest BCUT2D eigenvalue weighted by Gasteiger charge is 2.39. The molecule has 0 unspecified atom stereocenters. The number of imidazole rings is 1. The van der Waals surface area contributed by atoms with E-state index in [1.807, 2.05) is 7.05 Å². The molecule has 110 valence electrons. The van der Waals surface area contributed by atoms with E-state index in [0.717, 1.165) is 26.1 Å². The standard InChI is InChI=1S/C14H22N4O2/c1-17-5-3-11-10(8-17)9-20-12(11)7-16-14(19)13-15-4-6-18(13)2/h4,6,10-12H,3,5,7-9H2,1-2H3,(H,16,19)/t10-,11-,12+/m1/s1. The highest BCUT2D eigenvalue weighted by molar-refractivity contribution is 5.90. The summed E-state index contributed by atoms with van der Waals surface area (Å²) in [6, 6.07) is 0. The van der Waals surface area contributed by atoms with Crippen molar-refractivity contribution in [3.63, 3.8) is 0 Å². The van der Waals surface area contributed by atoms with Crippen LogP contribution < -0.4 is 5.32 Å². The summed E-state index contributed by atoms with van der Waals surface area (Å²) in [7, 11) is 3.98. The Morgan fingerprint density at radius 2 is 2.40 bits per heavy atom. The number of rotatable bonds is 3. The zero-order chi connectivity index (χ0) is 14.1. The van der Waals surface area contributed by atoms with Crippen molar-refractivity contribution in [3.8, 4) is 0 Å². The van der Waals surface area contributed by atoms with Crippen LogP contribution in [0.3, 0.4) is 0 Å². The van der Waals surface area contributed by atoms with Crippen LogP contribution in [-0.4, -0.2) is 59.8 Å². The maximum absolute atomic E-state index is 12.0. The van der Waals surface area contributed by atoms with Crippen molar-refractivity contribution in [1.82, 2.24) is 19.8 Å². The van der Waals surface area contributed by atoms with Gasteiger partial charge in [-0.3, -0.25) is 4.79 Å². The summed E-state index contributed by atoms with van der Waals surface area (Å²) < 4.78 is 7.60. The second-order valence-corrected chi connectivity index (χ2v) is 5.92. The number of ether oxygens (including phenoxy) is 1. The number of fused-ring (bicyclic) bond motifs is 1. The van der Waals surface area contributed by atoms with E-state index in [1.165, 1.54) is 0 Å². The summed E-state index contributed by atoms with van der Waals surface area (Å²) in [4.78, 5) is 18.5. The summed E-state index contributed by atoms with van der Waals surface area (Å²) in [5.41, 5.74) is 0. The number of aryl methyl sites for hydroxylation is 1. The fourth-order valence-electron chi connectivity index (χ4n) is 3.34. The third-order valence-electron chi connectivity index (χ3n) is 4.49. The number of piperidine rings is 1. The Morgan fingerprint density at radius 1 is 1.55 bits per heavy atom. The van der Waals surface area contributed by atoms with Crippen molar-refractivity contribution in [2.24, 2.45) is 18.9 Å². The van der Waals surface area contributed by atoms with Gasteiger partial charge < -0.3 is 19.5 Å². The molecule has 0 saturated carbocycles. The molecule has 2 fully saturated rings. The number of aromatic nitrogens is 2. The zero-order valence-corrected chi connectivity index (χ0v) is 12.1. The largest absolute Gasteiger partial charge is 0.376 e. The average Bonchev–Trinajstić information content (AvgIpc) is 3.02. The van der Waals surface area contributed by atoms with E-state index in [1.54, 1.807) is 17.0 Å². The number of carbonyl (C=O) groups is 1. The number of carbonyl (C=O) groups excluding carboxylic acids is 1. The normalized spacial score (nSPS) is 30.2. The van der Waals surface area contributed by atoms with Crippen LogP contribution in [-0.2, 0) is 11.8 Å². The summed E-state index contributed by atoms with van der Waals surface area (Å²) in [6.45, 7) is 3.62. The van der Waals surface area contributed by atoms with Gasteiger partial charge in [-0.1, -0.05) is 0 Å². The van der Waals surface area contributed by atoms with Crippen LogP contribution in [0.4, 0.5) is 0 Å². The molecule has 1 N–H and O–H groups in total. The first-order chi connectivity index (χ1) is 9.65. The van der Waals surface area contributed by atoms with E-state index >= 15 is 0 Å². The molecule has 3 rings (SSSR count). The highest BCUT2D eigenvalue weighted by Crippen LogP contribution is 2.33. The van der Waals surface area contributed by atoms with Crippen LogP contribution in [0.25, 0.3) is 0 Å². The summed E-state index contributed by atoms with van der Waals surface area (Å²) in [5.74, 6) is 1.51. The number of likely N-dealkylation sites (tertiary alicyclic amines) is 1. The van der Waals surface area contributed by atoms with Crippen molar-refractivity contribution in [3.05, 3.63) is 18.2 Å². The van der Waals surface area contributed by atoms with Crippen molar-refractivity contribution in [2.75, 3.05) is 33.3 Å².